The summed E-state index contributed by atoms with van der Waals surface area (Å²) < 4.78 is 0. The highest BCUT2D eigenvalue weighted by molar-refractivity contribution is 7.98. The Balaban J connectivity index is 2.05. The lowest BCUT2D eigenvalue weighted by Gasteiger charge is -2.34. The first kappa shape index (κ1) is 12.8. The molecule has 3 atom stereocenters. The molecule has 1 aliphatic carbocycles. The predicted molar refractivity (Wildman–Crippen MR) is 77.8 cm³/mol. The molecule has 0 saturated heterocycles. The molecule has 1 aromatic rings. The van der Waals surface area contributed by atoms with E-state index < -0.39 is 0 Å². The van der Waals surface area contributed by atoms with Crippen molar-refractivity contribution in [1.82, 2.24) is 0 Å². The fourth-order valence-electron chi connectivity index (χ4n) is 2.84. The van der Waals surface area contributed by atoms with Gasteiger partial charge < -0.3 is 5.32 Å². The van der Waals surface area contributed by atoms with Crippen molar-refractivity contribution < 1.29 is 0 Å². The molecule has 0 bridgehead atoms. The van der Waals surface area contributed by atoms with Crippen LogP contribution in [0.5, 0.6) is 0 Å². The SMILES string of the molecule is CSc1ccccc1NC1CCC(C)CC1C. The van der Waals surface area contributed by atoms with Crippen molar-refractivity contribution >= 4 is 17.4 Å². The predicted octanol–water partition coefficient (Wildman–Crippen LogP) is 4.65. The lowest BCUT2D eigenvalue weighted by atomic mass is 9.80. The molecule has 0 amide bonds. The summed E-state index contributed by atoms with van der Waals surface area (Å²) in [6.07, 6.45) is 6.18. The van der Waals surface area contributed by atoms with Gasteiger partial charge in [-0.1, -0.05) is 26.0 Å². The highest BCUT2D eigenvalue weighted by atomic mass is 32.2. The number of thioether (sulfide) groups is 1. The Bertz CT molecular complexity index is 364. The van der Waals surface area contributed by atoms with Crippen molar-refractivity contribution in [2.75, 3.05) is 11.6 Å². The van der Waals surface area contributed by atoms with Crippen LogP contribution in [0.1, 0.15) is 33.1 Å². The van der Waals surface area contributed by atoms with E-state index in [-0.39, 0.29) is 0 Å². The van der Waals surface area contributed by atoms with Crippen molar-refractivity contribution in [2.45, 2.75) is 44.0 Å². The van der Waals surface area contributed by atoms with Crippen LogP contribution in [0.15, 0.2) is 29.2 Å². The molecular weight excluding hydrogens is 226 g/mol. The number of para-hydroxylation sites is 1. The number of anilines is 1. The van der Waals surface area contributed by atoms with Crippen molar-refractivity contribution in [3.63, 3.8) is 0 Å². The Labute approximate surface area is 109 Å². The van der Waals surface area contributed by atoms with Crippen molar-refractivity contribution in [3.05, 3.63) is 24.3 Å². The van der Waals surface area contributed by atoms with Gasteiger partial charge >= 0.3 is 0 Å². The van der Waals surface area contributed by atoms with Crippen molar-refractivity contribution in [2.24, 2.45) is 11.8 Å². The summed E-state index contributed by atoms with van der Waals surface area (Å²) in [4.78, 5) is 1.36. The lowest BCUT2D eigenvalue weighted by Crippen LogP contribution is -2.33. The summed E-state index contributed by atoms with van der Waals surface area (Å²) in [7, 11) is 0. The number of hydrogen-bond acceptors (Lipinski definition) is 2. The third-order valence-electron chi connectivity index (χ3n) is 3.88. The van der Waals surface area contributed by atoms with Crippen LogP contribution in [0.3, 0.4) is 0 Å². The molecule has 0 heterocycles. The monoisotopic (exact) mass is 249 g/mol. The van der Waals surface area contributed by atoms with Gasteiger partial charge in [-0.25, -0.2) is 0 Å². The molecule has 1 fully saturated rings. The van der Waals surface area contributed by atoms with Gasteiger partial charge in [0.25, 0.3) is 0 Å². The Morgan fingerprint density at radius 2 is 1.94 bits per heavy atom. The smallest absolute Gasteiger partial charge is 0.0480 e. The van der Waals surface area contributed by atoms with E-state index in [0.717, 1.165) is 11.8 Å². The van der Waals surface area contributed by atoms with E-state index in [2.05, 4.69) is 49.7 Å². The van der Waals surface area contributed by atoms with Gasteiger partial charge in [0.05, 0.1) is 0 Å². The minimum atomic E-state index is 0.652. The first-order valence-corrected chi connectivity index (χ1v) is 7.82. The molecule has 1 saturated carbocycles. The number of rotatable bonds is 3. The average molecular weight is 249 g/mol. The van der Waals surface area contributed by atoms with Crippen molar-refractivity contribution in [3.8, 4) is 0 Å². The molecule has 2 heteroatoms. The van der Waals surface area contributed by atoms with Gasteiger partial charge in [0.15, 0.2) is 0 Å². The van der Waals surface area contributed by atoms with Gasteiger partial charge in [-0.05, 0) is 49.5 Å². The van der Waals surface area contributed by atoms with Crippen molar-refractivity contribution in [1.29, 1.82) is 0 Å². The second-order valence-electron chi connectivity index (χ2n) is 5.35. The molecule has 0 radical (unpaired) electrons. The molecule has 0 aromatic heterocycles. The number of nitrogens with one attached hydrogen (secondary N) is 1. The molecule has 1 N–H and O–H groups in total. The fourth-order valence-corrected chi connectivity index (χ4v) is 3.40. The third kappa shape index (κ3) is 3.19. The largest absolute Gasteiger partial charge is 0.381 e. The van der Waals surface area contributed by atoms with Gasteiger partial charge in [-0.15, -0.1) is 11.8 Å². The first-order valence-electron chi connectivity index (χ1n) is 6.60. The summed E-state index contributed by atoms with van der Waals surface area (Å²) in [5.41, 5.74) is 1.31. The normalized spacial score (nSPS) is 29.0. The van der Waals surface area contributed by atoms with E-state index in [1.807, 2.05) is 11.8 Å². The topological polar surface area (TPSA) is 12.0 Å². The summed E-state index contributed by atoms with van der Waals surface area (Å²) in [6, 6.07) is 9.29. The van der Waals surface area contributed by atoms with Crippen LogP contribution in [0.2, 0.25) is 0 Å². The molecule has 3 unspecified atom stereocenters. The summed E-state index contributed by atoms with van der Waals surface area (Å²) in [5, 5.41) is 3.75. The average Bonchev–Trinajstić information content (AvgIpc) is 2.33. The Morgan fingerprint density at radius 1 is 1.18 bits per heavy atom. The zero-order chi connectivity index (χ0) is 12.3. The van der Waals surface area contributed by atoms with Crippen LogP contribution in [0.4, 0.5) is 5.69 Å². The first-order chi connectivity index (χ1) is 8.20. The quantitative estimate of drug-likeness (QED) is 0.783. The maximum absolute atomic E-state index is 3.75. The number of benzene rings is 1. The summed E-state index contributed by atoms with van der Waals surface area (Å²) in [6.45, 7) is 4.76. The molecule has 0 spiro atoms. The Kier molecular flexibility index (Phi) is 4.38. The summed E-state index contributed by atoms with van der Waals surface area (Å²) >= 11 is 1.82. The molecule has 0 aliphatic heterocycles. The zero-order valence-corrected chi connectivity index (χ0v) is 11.9. The fraction of sp³-hybridized carbons (Fsp3) is 0.600. The number of hydrogen-bond donors (Lipinski definition) is 1. The van der Waals surface area contributed by atoms with Crippen LogP contribution >= 0.6 is 11.8 Å². The van der Waals surface area contributed by atoms with Crippen LogP contribution in [-0.4, -0.2) is 12.3 Å². The van der Waals surface area contributed by atoms with Crippen LogP contribution in [0.25, 0.3) is 0 Å². The van der Waals surface area contributed by atoms with Gasteiger partial charge in [0.2, 0.25) is 0 Å². The lowest BCUT2D eigenvalue weighted by molar-refractivity contribution is 0.276. The molecule has 1 aliphatic rings. The Morgan fingerprint density at radius 3 is 2.65 bits per heavy atom. The van der Waals surface area contributed by atoms with E-state index in [0.29, 0.717) is 6.04 Å². The maximum atomic E-state index is 3.75. The second kappa shape index (κ2) is 5.81. The minimum Gasteiger partial charge on any atom is -0.381 e. The highest BCUT2D eigenvalue weighted by Gasteiger charge is 2.25. The molecule has 17 heavy (non-hydrogen) atoms. The molecule has 1 aromatic carbocycles. The minimum absolute atomic E-state index is 0.652. The zero-order valence-electron chi connectivity index (χ0n) is 11.1. The van der Waals surface area contributed by atoms with Crippen LogP contribution < -0.4 is 5.32 Å². The molecule has 94 valence electrons. The van der Waals surface area contributed by atoms with E-state index in [1.165, 1.54) is 29.8 Å². The molecular formula is C15H23NS. The van der Waals surface area contributed by atoms with E-state index >= 15 is 0 Å². The second-order valence-corrected chi connectivity index (χ2v) is 6.19. The Hall–Kier alpha value is -0.630. The molecule has 1 nitrogen and oxygen atoms in total. The van der Waals surface area contributed by atoms with Gasteiger partial charge in [-0.3, -0.25) is 0 Å². The highest BCUT2D eigenvalue weighted by Crippen LogP contribution is 2.33. The third-order valence-corrected chi connectivity index (χ3v) is 4.68. The van der Waals surface area contributed by atoms with Gasteiger partial charge in [0, 0.05) is 16.6 Å². The van der Waals surface area contributed by atoms with Crippen LogP contribution in [-0.2, 0) is 0 Å². The van der Waals surface area contributed by atoms with Crippen LogP contribution in [0, 0.1) is 11.8 Å². The van der Waals surface area contributed by atoms with Gasteiger partial charge in [0.1, 0.15) is 0 Å². The van der Waals surface area contributed by atoms with E-state index in [1.54, 1.807) is 0 Å². The summed E-state index contributed by atoms with van der Waals surface area (Å²) in [5.74, 6) is 1.69. The van der Waals surface area contributed by atoms with E-state index in [9.17, 15) is 0 Å². The van der Waals surface area contributed by atoms with E-state index in [4.69, 9.17) is 0 Å². The van der Waals surface area contributed by atoms with Gasteiger partial charge in [-0.2, -0.15) is 0 Å². The maximum Gasteiger partial charge on any atom is 0.0480 e. The standard InChI is InChI=1S/C15H23NS/c1-11-8-9-13(12(2)10-11)16-14-6-4-5-7-15(14)17-3/h4-7,11-13,16H,8-10H2,1-3H3. The molecule has 2 rings (SSSR count).